The Morgan fingerprint density at radius 1 is 0.322 bits per heavy atom. The topological polar surface area (TPSA) is 237 Å². The molecule has 0 rings (SSSR count). The van der Waals surface area contributed by atoms with Crippen molar-refractivity contribution in [1.82, 2.24) is 0 Å². The number of aliphatic hydroxyl groups excluding tert-OH is 1. The summed E-state index contributed by atoms with van der Waals surface area (Å²) in [6.45, 7) is 14.0. The summed E-state index contributed by atoms with van der Waals surface area (Å²) in [5, 5.41) is 10.6. The van der Waals surface area contributed by atoms with Crippen molar-refractivity contribution in [3.63, 3.8) is 0 Å². The zero-order valence-corrected chi connectivity index (χ0v) is 58.4. The number of phosphoric acid groups is 2. The van der Waals surface area contributed by atoms with E-state index in [2.05, 4.69) is 55.4 Å². The third-order valence-electron chi connectivity index (χ3n) is 16.3. The number of ether oxygens (including phenoxy) is 4. The maximum absolute atomic E-state index is 13.0. The number of hydrogen-bond donors (Lipinski definition) is 3. The molecule has 0 saturated heterocycles. The molecule has 0 heterocycles. The lowest BCUT2D eigenvalue weighted by Gasteiger charge is -2.21. The lowest BCUT2D eigenvalue weighted by molar-refractivity contribution is -0.161. The predicted molar refractivity (Wildman–Crippen MR) is 349 cm³/mol. The highest BCUT2D eigenvalue weighted by Crippen LogP contribution is 2.45. The fraction of sp³-hybridized carbons (Fsp3) is 0.941. The van der Waals surface area contributed by atoms with Crippen LogP contribution in [-0.4, -0.2) is 96.7 Å². The summed E-state index contributed by atoms with van der Waals surface area (Å²) < 4.78 is 68.2. The molecule has 0 aromatic rings. The second-order valence-electron chi connectivity index (χ2n) is 26.0. The summed E-state index contributed by atoms with van der Waals surface area (Å²) in [7, 11) is -9.90. The summed E-state index contributed by atoms with van der Waals surface area (Å²) in [4.78, 5) is 72.4. The molecule has 0 radical (unpaired) electrons. The van der Waals surface area contributed by atoms with Crippen molar-refractivity contribution >= 4 is 39.5 Å². The van der Waals surface area contributed by atoms with E-state index >= 15 is 0 Å². The van der Waals surface area contributed by atoms with Crippen LogP contribution in [0.3, 0.4) is 0 Å². The molecule has 0 saturated carbocycles. The molecule has 0 fully saturated rings. The molecule has 0 spiro atoms. The van der Waals surface area contributed by atoms with Crippen LogP contribution in [0.25, 0.3) is 0 Å². The van der Waals surface area contributed by atoms with Gasteiger partial charge in [0.25, 0.3) is 0 Å². The highest BCUT2D eigenvalue weighted by atomic mass is 31.2. The zero-order valence-electron chi connectivity index (χ0n) is 56.6. The molecule has 516 valence electrons. The van der Waals surface area contributed by atoms with Gasteiger partial charge in [0, 0.05) is 25.7 Å². The SMILES string of the molecule is CCC(C)CCCCCCCCC(=O)OC[C@H](COP(=O)(O)OC[C@H](O)COP(=O)(O)OC[C@@H](COC(=O)CCCCCCCCC(C)CC)OC(=O)CCCCCCCCCCCC(C)C)OC(=O)CCCCCCCCCCCCCCC(C)C. The third-order valence-corrected chi connectivity index (χ3v) is 18.2. The normalized spacial score (nSPS) is 15.0. The van der Waals surface area contributed by atoms with E-state index in [1.807, 2.05) is 0 Å². The molecule has 17 nitrogen and oxygen atoms in total. The Labute approximate surface area is 530 Å². The Morgan fingerprint density at radius 2 is 0.552 bits per heavy atom. The van der Waals surface area contributed by atoms with Crippen LogP contribution in [0, 0.1) is 23.7 Å². The molecule has 4 unspecified atom stereocenters. The van der Waals surface area contributed by atoms with Gasteiger partial charge in [-0.1, -0.05) is 280 Å². The molecular weight excluding hydrogens is 1150 g/mol. The second-order valence-corrected chi connectivity index (χ2v) is 28.9. The van der Waals surface area contributed by atoms with E-state index in [9.17, 15) is 43.2 Å². The molecule has 19 heteroatoms. The Hall–Kier alpha value is -1.94. The maximum Gasteiger partial charge on any atom is 0.472 e. The van der Waals surface area contributed by atoms with E-state index in [1.165, 1.54) is 122 Å². The first kappa shape index (κ1) is 85.1. The Kier molecular flexibility index (Phi) is 56.6. The minimum atomic E-state index is -4.95. The van der Waals surface area contributed by atoms with Crippen LogP contribution in [-0.2, 0) is 65.4 Å². The van der Waals surface area contributed by atoms with Crippen molar-refractivity contribution < 1.29 is 80.2 Å². The average Bonchev–Trinajstić information content (AvgIpc) is 3.63. The van der Waals surface area contributed by atoms with Crippen LogP contribution in [0.1, 0.15) is 331 Å². The van der Waals surface area contributed by atoms with Crippen LogP contribution in [0.15, 0.2) is 0 Å². The van der Waals surface area contributed by atoms with E-state index in [4.69, 9.17) is 37.0 Å². The van der Waals surface area contributed by atoms with Crippen molar-refractivity contribution in [1.29, 1.82) is 0 Å². The van der Waals surface area contributed by atoms with Crippen molar-refractivity contribution in [2.75, 3.05) is 39.6 Å². The Balaban J connectivity index is 5.26. The fourth-order valence-electron chi connectivity index (χ4n) is 10.1. The molecule has 0 aliphatic carbocycles. The van der Waals surface area contributed by atoms with Gasteiger partial charge in [0.2, 0.25) is 0 Å². The summed E-state index contributed by atoms with van der Waals surface area (Å²) in [6.07, 6.45) is 39.0. The quantitative estimate of drug-likeness (QED) is 0.0222. The summed E-state index contributed by atoms with van der Waals surface area (Å²) in [6, 6.07) is 0. The number of phosphoric ester groups is 2. The van der Waals surface area contributed by atoms with Gasteiger partial charge in [-0.2, -0.15) is 0 Å². The number of hydrogen-bond acceptors (Lipinski definition) is 15. The van der Waals surface area contributed by atoms with Gasteiger partial charge >= 0.3 is 39.5 Å². The van der Waals surface area contributed by atoms with Crippen LogP contribution < -0.4 is 0 Å². The molecule has 0 aliphatic heterocycles. The van der Waals surface area contributed by atoms with Gasteiger partial charge in [-0.25, -0.2) is 9.13 Å². The summed E-state index contributed by atoms with van der Waals surface area (Å²) in [5.74, 6) is 0.840. The van der Waals surface area contributed by atoms with Gasteiger partial charge in [-0.3, -0.25) is 37.3 Å². The molecular formula is C68H132O17P2. The predicted octanol–water partition coefficient (Wildman–Crippen LogP) is 18.9. The van der Waals surface area contributed by atoms with E-state index in [0.717, 1.165) is 126 Å². The fourth-order valence-corrected chi connectivity index (χ4v) is 11.7. The van der Waals surface area contributed by atoms with Gasteiger partial charge in [0.05, 0.1) is 26.4 Å². The molecule has 0 amide bonds. The van der Waals surface area contributed by atoms with Gasteiger partial charge in [0.15, 0.2) is 12.2 Å². The second kappa shape index (κ2) is 57.9. The number of carbonyl (C=O) groups excluding carboxylic acids is 4. The number of esters is 4. The summed E-state index contributed by atoms with van der Waals surface area (Å²) in [5.41, 5.74) is 0. The third kappa shape index (κ3) is 60.1. The molecule has 3 N–H and O–H groups in total. The zero-order chi connectivity index (χ0) is 64.7. The van der Waals surface area contributed by atoms with Crippen LogP contribution in [0.5, 0.6) is 0 Å². The monoisotopic (exact) mass is 1280 g/mol. The molecule has 7 atom stereocenters. The minimum Gasteiger partial charge on any atom is -0.462 e. The minimum absolute atomic E-state index is 0.104. The van der Waals surface area contributed by atoms with Crippen LogP contribution in [0.4, 0.5) is 0 Å². The largest absolute Gasteiger partial charge is 0.472 e. The van der Waals surface area contributed by atoms with E-state index in [1.54, 1.807) is 0 Å². The molecule has 0 aromatic carbocycles. The highest BCUT2D eigenvalue weighted by molar-refractivity contribution is 7.47. The van der Waals surface area contributed by atoms with Gasteiger partial charge < -0.3 is 33.8 Å². The smallest absolute Gasteiger partial charge is 0.462 e. The van der Waals surface area contributed by atoms with Crippen LogP contribution in [0.2, 0.25) is 0 Å². The first-order valence-electron chi connectivity index (χ1n) is 35.3. The number of rotatable bonds is 65. The van der Waals surface area contributed by atoms with Gasteiger partial charge in [0.1, 0.15) is 19.3 Å². The summed E-state index contributed by atoms with van der Waals surface area (Å²) >= 11 is 0. The van der Waals surface area contributed by atoms with Crippen molar-refractivity contribution in [2.45, 2.75) is 350 Å². The first-order chi connectivity index (χ1) is 41.7. The molecule has 87 heavy (non-hydrogen) atoms. The lowest BCUT2D eigenvalue weighted by atomic mass is 10.00. The molecule has 0 aromatic heterocycles. The average molecular weight is 1280 g/mol. The van der Waals surface area contributed by atoms with E-state index in [-0.39, 0.29) is 25.7 Å². The standard InChI is InChI=1S/C68H132O17P2/c1-9-60(7)46-38-30-24-26-32-40-48-65(70)78-54-63(84-67(72)50-42-34-22-18-14-12-11-13-16-20-28-36-44-58(3)4)56-82-86(74,75)80-52-62(69)53-81-87(76,77)83-57-64(55-79-66(71)49-41-33-27-25-31-39-47-61(8)10-2)85-68(73)51-43-35-23-19-15-17-21-29-37-45-59(5)6/h58-64,69H,9-57H2,1-8H3,(H,74,75)(H,76,77)/t60?,61?,62-,63+,64+/m0/s1. The molecule has 0 bridgehead atoms. The number of carbonyl (C=O) groups is 4. The lowest BCUT2D eigenvalue weighted by Crippen LogP contribution is -2.30. The van der Waals surface area contributed by atoms with Crippen molar-refractivity contribution in [3.8, 4) is 0 Å². The maximum atomic E-state index is 13.0. The highest BCUT2D eigenvalue weighted by Gasteiger charge is 2.30. The molecule has 0 aliphatic rings. The van der Waals surface area contributed by atoms with Crippen LogP contribution >= 0.6 is 15.6 Å². The van der Waals surface area contributed by atoms with E-state index < -0.39 is 97.5 Å². The Morgan fingerprint density at radius 3 is 0.816 bits per heavy atom. The number of unbranched alkanes of at least 4 members (excludes halogenated alkanes) is 29. The van der Waals surface area contributed by atoms with Crippen molar-refractivity contribution in [2.24, 2.45) is 23.7 Å². The van der Waals surface area contributed by atoms with Gasteiger partial charge in [-0.05, 0) is 49.4 Å². The van der Waals surface area contributed by atoms with E-state index in [0.29, 0.717) is 25.7 Å². The Bertz CT molecular complexity index is 1730. The van der Waals surface area contributed by atoms with Crippen molar-refractivity contribution in [3.05, 3.63) is 0 Å². The first-order valence-corrected chi connectivity index (χ1v) is 38.3. The van der Waals surface area contributed by atoms with Gasteiger partial charge in [-0.15, -0.1) is 0 Å². The number of aliphatic hydroxyl groups is 1.